The molecule has 0 aromatic carbocycles. The van der Waals surface area contributed by atoms with Gasteiger partial charge in [0, 0.05) is 0 Å². The van der Waals surface area contributed by atoms with Crippen molar-refractivity contribution in [3.05, 3.63) is 0 Å². The number of hydrogen-bond donors (Lipinski definition) is 4. The molecule has 0 bridgehead atoms. The van der Waals surface area contributed by atoms with Crippen molar-refractivity contribution in [2.24, 2.45) is 0 Å². The topological polar surface area (TPSA) is 172 Å². The fourth-order valence-corrected chi connectivity index (χ4v) is 5.79. The predicted molar refractivity (Wildman–Crippen MR) is 95.5 cm³/mol. The Balaban J connectivity index is 1.68. The van der Waals surface area contributed by atoms with Gasteiger partial charge in [-0.25, -0.2) is 0 Å². The molecule has 17 heteroatoms. The van der Waals surface area contributed by atoms with Crippen LogP contribution < -0.4 is 0 Å². The number of methoxy groups -OCH3 is 1. The first-order valence-corrected chi connectivity index (χ1v) is 11.9. The Labute approximate surface area is 169 Å². The van der Waals surface area contributed by atoms with E-state index in [1.54, 1.807) is 0 Å². The minimum absolute atomic E-state index is 0.0518. The molecule has 13 nitrogen and oxygen atoms in total. The Bertz CT molecular complexity index is 655. The van der Waals surface area contributed by atoms with Gasteiger partial charge in [0.2, 0.25) is 0 Å². The molecule has 164 valence electrons. The van der Waals surface area contributed by atoms with E-state index in [9.17, 15) is 24.4 Å². The van der Waals surface area contributed by atoms with Gasteiger partial charge < -0.3 is 0 Å². The Morgan fingerprint density at radius 2 is 1.66 bits per heavy atom. The molecule has 0 spiro atoms. The maximum atomic E-state index is 11.7. The molecule has 4 N–H and O–H groups in total. The first-order chi connectivity index (χ1) is 13.4. The summed E-state index contributed by atoms with van der Waals surface area (Å²) in [6, 6.07) is -2.32. The number of phosphoric ester groups is 1. The zero-order chi connectivity index (χ0) is 21.6. The average Bonchev–Trinajstić information content (AvgIpc) is 3.18. The van der Waals surface area contributed by atoms with Crippen LogP contribution in [0.15, 0.2) is 0 Å². The molecule has 0 aromatic heterocycles. The third-order valence-electron chi connectivity index (χ3n) is 4.60. The maximum absolute atomic E-state index is 11.7. The van der Waals surface area contributed by atoms with E-state index >= 15 is 0 Å². The molecule has 3 fully saturated rings. The fourth-order valence-electron chi connectivity index (χ4n) is 3.23. The normalized spacial score (nSPS) is 46.6. The summed E-state index contributed by atoms with van der Waals surface area (Å²) in [5.74, 6) is 0. The Kier molecular flexibility index (Phi) is 6.89. The van der Waals surface area contributed by atoms with Gasteiger partial charge in [0.25, 0.3) is 0 Å². The SMILES string of the molecule is [B][C@@H]1O[C@H](COP2(O)(O)OC3[C@H]([B])O[C@H](COC)[C@@H]3O2)[C@H](OP(=O)(O)OC)C1O. The van der Waals surface area contributed by atoms with E-state index in [4.69, 9.17) is 48.0 Å². The molecule has 0 aliphatic carbocycles. The number of hydrogen-bond acceptors (Lipinski definition) is 12. The summed E-state index contributed by atoms with van der Waals surface area (Å²) < 4.78 is 51.9. The van der Waals surface area contributed by atoms with Crippen molar-refractivity contribution in [1.29, 1.82) is 0 Å². The summed E-state index contributed by atoms with van der Waals surface area (Å²) >= 11 is 0. The zero-order valence-corrected chi connectivity index (χ0v) is 17.3. The van der Waals surface area contributed by atoms with Gasteiger partial charge in [-0.05, 0) is 0 Å². The monoisotopic (exact) mass is 458 g/mol. The summed E-state index contributed by atoms with van der Waals surface area (Å²) in [5, 5.41) is 10.0. The summed E-state index contributed by atoms with van der Waals surface area (Å²) in [4.78, 5) is 30.6. The number of aliphatic hydroxyl groups is 1. The number of aliphatic hydroxyl groups excluding tert-OH is 1. The van der Waals surface area contributed by atoms with Crippen LogP contribution in [-0.2, 0) is 41.4 Å². The molecular weight excluding hydrogens is 436 g/mol. The van der Waals surface area contributed by atoms with Gasteiger partial charge in [0.05, 0.1) is 0 Å². The molecule has 0 aromatic rings. The average molecular weight is 458 g/mol. The van der Waals surface area contributed by atoms with Crippen LogP contribution in [-0.4, -0.2) is 112 Å². The van der Waals surface area contributed by atoms with Crippen molar-refractivity contribution in [3.8, 4) is 0 Å². The van der Waals surface area contributed by atoms with E-state index in [-0.39, 0.29) is 6.61 Å². The van der Waals surface area contributed by atoms with Crippen molar-refractivity contribution in [1.82, 2.24) is 0 Å². The van der Waals surface area contributed by atoms with E-state index in [1.807, 2.05) is 0 Å². The molecule has 9 atom stereocenters. The Hall–Kier alpha value is 0.310. The van der Waals surface area contributed by atoms with Crippen LogP contribution in [0, 0.1) is 0 Å². The Morgan fingerprint density at radius 3 is 2.28 bits per heavy atom. The molecule has 3 rings (SSSR count). The molecule has 3 aliphatic heterocycles. The van der Waals surface area contributed by atoms with Crippen LogP contribution in [0.3, 0.4) is 0 Å². The van der Waals surface area contributed by atoms with Crippen molar-refractivity contribution in [2.75, 3.05) is 27.4 Å². The summed E-state index contributed by atoms with van der Waals surface area (Å²) in [5.41, 5.74) is 0. The molecule has 4 radical (unpaired) electrons. The van der Waals surface area contributed by atoms with E-state index in [0.717, 1.165) is 7.11 Å². The summed E-state index contributed by atoms with van der Waals surface area (Å²) in [7, 11) is 3.54. The zero-order valence-electron chi connectivity index (χ0n) is 15.5. The van der Waals surface area contributed by atoms with Crippen molar-refractivity contribution >= 4 is 31.3 Å². The van der Waals surface area contributed by atoms with E-state index < -0.39 is 70.8 Å². The van der Waals surface area contributed by atoms with E-state index in [2.05, 4.69) is 4.52 Å². The molecule has 0 amide bonds. The molecule has 0 saturated carbocycles. The molecular formula is C12H22B2O13P2. The number of rotatable bonds is 8. The Morgan fingerprint density at radius 1 is 1.03 bits per heavy atom. The standard InChI is InChI=1S/C12H22B2O13P2/c1-20-3-5-9-10(12(14)24-5)27-29(18,19,26-9)22-4-6-8(7(15)11(13)23-6)25-28(16,17)21-2/h5-12,15,18-19H,3-4H2,1-2H3,(H,16,17)/t5-,6-,7?,8+,9+,10?,11-,12-/m1/s1. The third kappa shape index (κ3) is 5.05. The van der Waals surface area contributed by atoms with Crippen LogP contribution >= 0.6 is 15.6 Å². The fraction of sp³-hybridized carbons (Fsp3) is 1.00. The second-order valence-corrected chi connectivity index (χ2v) is 10.5. The second-order valence-electron chi connectivity index (χ2n) is 6.68. The summed E-state index contributed by atoms with van der Waals surface area (Å²) in [6.07, 6.45) is -7.05. The second kappa shape index (κ2) is 8.34. The van der Waals surface area contributed by atoms with E-state index in [0.29, 0.717) is 0 Å². The van der Waals surface area contributed by atoms with Gasteiger partial charge in [-0.3, -0.25) is 0 Å². The first-order valence-electron chi connectivity index (χ1n) is 8.48. The number of fused-ring (bicyclic) bond motifs is 1. The molecule has 3 unspecified atom stereocenters. The van der Waals surface area contributed by atoms with Crippen LogP contribution in [0.25, 0.3) is 0 Å². The third-order valence-corrected chi connectivity index (χ3v) is 7.37. The summed E-state index contributed by atoms with van der Waals surface area (Å²) in [6.45, 7) is -0.634. The predicted octanol–water partition coefficient (Wildman–Crippen LogP) is -2.17. The van der Waals surface area contributed by atoms with Crippen LogP contribution in [0.4, 0.5) is 0 Å². The van der Waals surface area contributed by atoms with Crippen molar-refractivity contribution in [2.45, 2.75) is 48.6 Å². The minimum atomic E-state index is -5.63. The van der Waals surface area contributed by atoms with Gasteiger partial charge in [-0.15, -0.1) is 0 Å². The van der Waals surface area contributed by atoms with Crippen LogP contribution in [0.2, 0.25) is 0 Å². The van der Waals surface area contributed by atoms with Gasteiger partial charge in [0.15, 0.2) is 0 Å². The van der Waals surface area contributed by atoms with Gasteiger partial charge in [0.1, 0.15) is 0 Å². The van der Waals surface area contributed by atoms with Crippen molar-refractivity contribution in [3.63, 3.8) is 0 Å². The molecule has 29 heavy (non-hydrogen) atoms. The number of phosphoric acid groups is 1. The molecule has 3 aliphatic rings. The van der Waals surface area contributed by atoms with Crippen LogP contribution in [0.1, 0.15) is 0 Å². The van der Waals surface area contributed by atoms with Crippen molar-refractivity contribution < 1.29 is 61.2 Å². The van der Waals surface area contributed by atoms with Gasteiger partial charge >= 0.3 is 168 Å². The number of ether oxygens (including phenoxy) is 3. The van der Waals surface area contributed by atoms with Gasteiger partial charge in [-0.2, -0.15) is 0 Å². The first kappa shape index (κ1) is 24.0. The van der Waals surface area contributed by atoms with Gasteiger partial charge in [-0.1, -0.05) is 0 Å². The van der Waals surface area contributed by atoms with Crippen LogP contribution in [0.5, 0.6) is 0 Å². The molecule has 3 heterocycles. The van der Waals surface area contributed by atoms with E-state index in [1.165, 1.54) is 7.11 Å². The molecule has 3 saturated heterocycles. The quantitative estimate of drug-likeness (QED) is 0.229.